The first-order valence-corrected chi connectivity index (χ1v) is 10.1. The number of hydrogen-bond acceptors (Lipinski definition) is 5. The van der Waals surface area contributed by atoms with E-state index in [1.165, 1.54) is 11.3 Å². The second-order valence-electron chi connectivity index (χ2n) is 6.68. The van der Waals surface area contributed by atoms with Crippen molar-refractivity contribution in [3.63, 3.8) is 0 Å². The molecule has 1 fully saturated rings. The van der Waals surface area contributed by atoms with Gasteiger partial charge in [0.25, 0.3) is 5.91 Å². The van der Waals surface area contributed by atoms with Crippen molar-refractivity contribution >= 4 is 17.2 Å². The van der Waals surface area contributed by atoms with Crippen LogP contribution in [0.1, 0.15) is 44.1 Å². The van der Waals surface area contributed by atoms with Crippen molar-refractivity contribution < 1.29 is 14.3 Å². The Morgan fingerprint density at radius 3 is 2.58 bits per heavy atom. The number of thiazole rings is 1. The summed E-state index contributed by atoms with van der Waals surface area (Å²) in [5.41, 5.74) is 1.53. The molecule has 2 aromatic rings. The molecule has 0 bridgehead atoms. The minimum atomic E-state index is 0.0159. The summed E-state index contributed by atoms with van der Waals surface area (Å²) in [6, 6.07) is 7.85. The lowest BCUT2D eigenvalue weighted by Gasteiger charge is -2.31. The molecule has 3 rings (SSSR count). The first-order valence-electron chi connectivity index (χ1n) is 9.20. The number of likely N-dealkylation sites (tertiary alicyclic amines) is 1. The van der Waals surface area contributed by atoms with Gasteiger partial charge in [-0.15, -0.1) is 11.3 Å². The normalized spacial score (nSPS) is 15.5. The van der Waals surface area contributed by atoms with Gasteiger partial charge in [-0.05, 0) is 57.9 Å². The van der Waals surface area contributed by atoms with Crippen LogP contribution in [0, 0.1) is 0 Å². The standard InChI is InChI=1S/C20H26N2O3S/c1-4-24-16-9-11-22(12-10-16)20(23)18-13-26-19(21-18)15-5-7-17(8-6-15)25-14(2)3/h5-8,13-14,16H,4,9-12H2,1-3H3. The van der Waals surface area contributed by atoms with Crippen molar-refractivity contribution in [2.24, 2.45) is 0 Å². The predicted molar refractivity (Wildman–Crippen MR) is 104 cm³/mol. The van der Waals surface area contributed by atoms with Gasteiger partial charge in [-0.2, -0.15) is 0 Å². The molecule has 1 saturated heterocycles. The molecule has 1 aromatic carbocycles. The molecule has 0 N–H and O–H groups in total. The van der Waals surface area contributed by atoms with E-state index in [1.807, 2.05) is 55.3 Å². The molecule has 0 unspecified atom stereocenters. The largest absolute Gasteiger partial charge is 0.491 e. The maximum absolute atomic E-state index is 12.7. The highest BCUT2D eigenvalue weighted by Crippen LogP contribution is 2.27. The Morgan fingerprint density at radius 1 is 1.27 bits per heavy atom. The van der Waals surface area contributed by atoms with Crippen LogP contribution in [0.4, 0.5) is 0 Å². The van der Waals surface area contributed by atoms with E-state index in [9.17, 15) is 4.79 Å². The lowest BCUT2D eigenvalue weighted by molar-refractivity contribution is 0.0144. The monoisotopic (exact) mass is 374 g/mol. The summed E-state index contributed by atoms with van der Waals surface area (Å²) in [5, 5.41) is 2.71. The van der Waals surface area contributed by atoms with Crippen LogP contribution in [0.15, 0.2) is 29.6 Å². The van der Waals surface area contributed by atoms with Crippen LogP contribution in [0.25, 0.3) is 10.6 Å². The third-order valence-electron chi connectivity index (χ3n) is 4.33. The van der Waals surface area contributed by atoms with E-state index in [2.05, 4.69) is 4.98 Å². The van der Waals surface area contributed by atoms with Crippen molar-refractivity contribution in [1.82, 2.24) is 9.88 Å². The predicted octanol–water partition coefficient (Wildman–Crippen LogP) is 4.24. The lowest BCUT2D eigenvalue weighted by atomic mass is 10.1. The molecule has 1 amide bonds. The van der Waals surface area contributed by atoms with Gasteiger partial charge in [-0.1, -0.05) is 0 Å². The lowest BCUT2D eigenvalue weighted by Crippen LogP contribution is -2.41. The average molecular weight is 375 g/mol. The van der Waals surface area contributed by atoms with Crippen molar-refractivity contribution in [3.8, 4) is 16.3 Å². The fourth-order valence-electron chi connectivity index (χ4n) is 3.08. The fraction of sp³-hybridized carbons (Fsp3) is 0.500. The van der Waals surface area contributed by atoms with Crippen LogP contribution in [0.2, 0.25) is 0 Å². The van der Waals surface area contributed by atoms with Gasteiger partial charge in [0, 0.05) is 30.6 Å². The summed E-state index contributed by atoms with van der Waals surface area (Å²) in [4.78, 5) is 19.1. The molecular formula is C20H26N2O3S. The van der Waals surface area contributed by atoms with Crippen molar-refractivity contribution in [3.05, 3.63) is 35.3 Å². The second kappa shape index (κ2) is 8.64. The van der Waals surface area contributed by atoms with Crippen LogP contribution >= 0.6 is 11.3 Å². The molecule has 1 aromatic heterocycles. The van der Waals surface area contributed by atoms with Crippen LogP contribution in [0.5, 0.6) is 5.75 Å². The molecule has 140 valence electrons. The van der Waals surface area contributed by atoms with E-state index in [0.29, 0.717) is 5.69 Å². The summed E-state index contributed by atoms with van der Waals surface area (Å²) in [6.45, 7) is 8.22. The molecule has 6 heteroatoms. The molecule has 0 atom stereocenters. The van der Waals surface area contributed by atoms with Crippen LogP contribution in [-0.4, -0.2) is 47.7 Å². The molecule has 26 heavy (non-hydrogen) atoms. The number of aromatic nitrogens is 1. The van der Waals surface area contributed by atoms with E-state index >= 15 is 0 Å². The number of rotatable bonds is 6. The number of nitrogens with zero attached hydrogens (tertiary/aromatic N) is 2. The van der Waals surface area contributed by atoms with E-state index < -0.39 is 0 Å². The maximum Gasteiger partial charge on any atom is 0.273 e. The van der Waals surface area contributed by atoms with E-state index in [0.717, 1.165) is 48.9 Å². The average Bonchev–Trinajstić information content (AvgIpc) is 3.12. The quantitative estimate of drug-likeness (QED) is 0.759. The summed E-state index contributed by atoms with van der Waals surface area (Å²) in [6.07, 6.45) is 2.22. The molecule has 0 aliphatic carbocycles. The van der Waals surface area contributed by atoms with E-state index in [-0.39, 0.29) is 18.1 Å². The van der Waals surface area contributed by atoms with E-state index in [4.69, 9.17) is 9.47 Å². The summed E-state index contributed by atoms with van der Waals surface area (Å²) in [5.74, 6) is 0.857. The Labute approximate surface area is 159 Å². The van der Waals surface area contributed by atoms with Gasteiger partial charge in [0.05, 0.1) is 12.2 Å². The molecule has 0 radical (unpaired) electrons. The van der Waals surface area contributed by atoms with Crippen LogP contribution < -0.4 is 4.74 Å². The number of piperidine rings is 1. The maximum atomic E-state index is 12.7. The number of benzene rings is 1. The van der Waals surface area contributed by atoms with E-state index in [1.54, 1.807) is 0 Å². The van der Waals surface area contributed by atoms with Gasteiger partial charge in [-0.3, -0.25) is 4.79 Å². The molecule has 5 nitrogen and oxygen atoms in total. The zero-order chi connectivity index (χ0) is 18.5. The zero-order valence-corrected chi connectivity index (χ0v) is 16.4. The minimum Gasteiger partial charge on any atom is -0.491 e. The first kappa shape index (κ1) is 18.9. The molecule has 0 spiro atoms. The minimum absolute atomic E-state index is 0.0159. The fourth-order valence-corrected chi connectivity index (χ4v) is 3.88. The van der Waals surface area contributed by atoms with Gasteiger partial charge in [0.15, 0.2) is 0 Å². The summed E-state index contributed by atoms with van der Waals surface area (Å²) >= 11 is 1.50. The SMILES string of the molecule is CCOC1CCN(C(=O)c2csc(-c3ccc(OC(C)C)cc3)n2)CC1. The zero-order valence-electron chi connectivity index (χ0n) is 15.6. The van der Waals surface area contributed by atoms with Gasteiger partial charge in [0.2, 0.25) is 0 Å². The highest BCUT2D eigenvalue weighted by molar-refractivity contribution is 7.13. The van der Waals surface area contributed by atoms with Gasteiger partial charge < -0.3 is 14.4 Å². The third kappa shape index (κ3) is 4.62. The van der Waals surface area contributed by atoms with Gasteiger partial charge >= 0.3 is 0 Å². The number of ether oxygens (including phenoxy) is 2. The number of amides is 1. The van der Waals surface area contributed by atoms with Crippen molar-refractivity contribution in [2.75, 3.05) is 19.7 Å². The first-order chi connectivity index (χ1) is 12.6. The summed E-state index contributed by atoms with van der Waals surface area (Å²) in [7, 11) is 0. The Kier molecular flexibility index (Phi) is 6.27. The Balaban J connectivity index is 1.63. The second-order valence-corrected chi connectivity index (χ2v) is 7.53. The molecule has 1 aliphatic rings. The van der Waals surface area contributed by atoms with Crippen molar-refractivity contribution in [2.45, 2.75) is 45.8 Å². The molecule has 1 aliphatic heterocycles. The molecule has 0 saturated carbocycles. The Morgan fingerprint density at radius 2 is 1.96 bits per heavy atom. The topological polar surface area (TPSA) is 51.7 Å². The molecular weight excluding hydrogens is 348 g/mol. The number of hydrogen-bond donors (Lipinski definition) is 0. The Hall–Kier alpha value is -1.92. The van der Waals surface area contributed by atoms with Gasteiger partial charge in [0.1, 0.15) is 16.5 Å². The number of carbonyl (C=O) groups excluding carboxylic acids is 1. The third-order valence-corrected chi connectivity index (χ3v) is 5.22. The van der Waals surface area contributed by atoms with Crippen LogP contribution in [-0.2, 0) is 4.74 Å². The highest BCUT2D eigenvalue weighted by atomic mass is 32.1. The summed E-state index contributed by atoms with van der Waals surface area (Å²) < 4.78 is 11.3. The number of carbonyl (C=O) groups is 1. The smallest absolute Gasteiger partial charge is 0.273 e. The van der Waals surface area contributed by atoms with Crippen LogP contribution in [0.3, 0.4) is 0 Å². The molecule has 2 heterocycles. The van der Waals surface area contributed by atoms with Gasteiger partial charge in [-0.25, -0.2) is 4.98 Å². The van der Waals surface area contributed by atoms with Crippen molar-refractivity contribution in [1.29, 1.82) is 0 Å². The highest BCUT2D eigenvalue weighted by Gasteiger charge is 2.25. The Bertz CT molecular complexity index is 719.